The summed E-state index contributed by atoms with van der Waals surface area (Å²) >= 11 is 0. The van der Waals surface area contributed by atoms with E-state index in [1.165, 1.54) is 19.3 Å². The molecule has 1 N–H and O–H groups in total. The van der Waals surface area contributed by atoms with Gasteiger partial charge in [0.1, 0.15) is 0 Å². The van der Waals surface area contributed by atoms with Crippen LogP contribution in [0.4, 0.5) is 0 Å². The van der Waals surface area contributed by atoms with E-state index in [-0.39, 0.29) is 29.0 Å². The summed E-state index contributed by atoms with van der Waals surface area (Å²) in [4.78, 5) is 13.0. The van der Waals surface area contributed by atoms with Gasteiger partial charge in [0, 0.05) is 17.3 Å². The average molecular weight is 449 g/mol. The zero-order valence-electron chi connectivity index (χ0n) is 18.8. The van der Waals surface area contributed by atoms with Crippen LogP contribution in [0, 0.1) is 24.7 Å². The number of fused-ring (bicyclic) bond motifs is 1. The van der Waals surface area contributed by atoms with Gasteiger partial charge in [-0.05, 0) is 88.5 Å². The normalized spacial score (nSPS) is 35.5. The Hall–Kier alpha value is -1.18. The van der Waals surface area contributed by atoms with Crippen LogP contribution in [0.2, 0.25) is 0 Å². The maximum absolute atomic E-state index is 13.0. The Bertz CT molecular complexity index is 976. The highest BCUT2D eigenvalue weighted by atomic mass is 32.2. The fraction of sp³-hybridized carbons (Fsp3) is 0.792. The van der Waals surface area contributed by atoms with Crippen molar-refractivity contribution in [2.75, 3.05) is 6.61 Å². The van der Waals surface area contributed by atoms with Crippen LogP contribution in [-0.2, 0) is 21.2 Å². The van der Waals surface area contributed by atoms with Gasteiger partial charge in [0.2, 0.25) is 10.0 Å². The molecule has 0 spiro atoms. The minimum Gasteiger partial charge on any atom is -0.376 e. The summed E-state index contributed by atoms with van der Waals surface area (Å²) in [6.45, 7) is 4.57. The summed E-state index contributed by atoms with van der Waals surface area (Å²) in [7, 11) is -3.32. The van der Waals surface area contributed by atoms with Gasteiger partial charge >= 0.3 is 0 Å². The maximum Gasteiger partial charge on any atom is 0.254 e. The Balaban J connectivity index is 1.30. The lowest BCUT2D eigenvalue weighted by atomic mass is 9.83. The molecule has 0 amide bonds. The van der Waals surface area contributed by atoms with Crippen molar-refractivity contribution in [2.24, 2.45) is 17.8 Å². The summed E-state index contributed by atoms with van der Waals surface area (Å²) in [6, 6.07) is 3.31. The highest BCUT2D eigenvalue weighted by Crippen LogP contribution is 2.49. The minimum absolute atomic E-state index is 0.0205. The molecule has 0 radical (unpaired) electrons. The monoisotopic (exact) mass is 448 g/mol. The Kier molecular flexibility index (Phi) is 5.80. The first kappa shape index (κ1) is 21.7. The van der Waals surface area contributed by atoms with Crippen molar-refractivity contribution in [3.8, 4) is 0 Å². The number of hydrogen-bond acceptors (Lipinski definition) is 4. The van der Waals surface area contributed by atoms with E-state index in [0.29, 0.717) is 25.0 Å². The predicted molar refractivity (Wildman–Crippen MR) is 121 cm³/mol. The molecule has 0 aromatic carbocycles. The first-order chi connectivity index (χ1) is 14.8. The third-order valence-corrected chi connectivity index (χ3v) is 10.2. The molecule has 0 saturated heterocycles. The fourth-order valence-electron chi connectivity index (χ4n) is 5.88. The van der Waals surface area contributed by atoms with Crippen LogP contribution < -0.4 is 10.3 Å². The van der Waals surface area contributed by atoms with Gasteiger partial charge in [-0.25, -0.2) is 13.1 Å². The van der Waals surface area contributed by atoms with E-state index >= 15 is 0 Å². The lowest BCUT2D eigenvalue weighted by Crippen LogP contribution is -2.50. The Morgan fingerprint density at radius 2 is 1.81 bits per heavy atom. The van der Waals surface area contributed by atoms with Crippen molar-refractivity contribution in [3.05, 3.63) is 33.7 Å². The van der Waals surface area contributed by atoms with E-state index in [1.54, 1.807) is 0 Å². The van der Waals surface area contributed by atoms with E-state index in [2.05, 4.69) is 11.6 Å². The average Bonchev–Trinajstić information content (AvgIpc) is 3.66. The highest BCUT2D eigenvalue weighted by molar-refractivity contribution is 7.90. The Labute approximate surface area is 185 Å². The molecule has 6 nitrogen and oxygen atoms in total. The van der Waals surface area contributed by atoms with Crippen molar-refractivity contribution < 1.29 is 13.2 Å². The van der Waals surface area contributed by atoms with E-state index in [9.17, 15) is 13.2 Å². The van der Waals surface area contributed by atoms with Gasteiger partial charge in [-0.3, -0.25) is 4.79 Å². The molecule has 3 saturated carbocycles. The first-order valence-electron chi connectivity index (χ1n) is 12.2. The van der Waals surface area contributed by atoms with Crippen LogP contribution in [-0.4, -0.2) is 37.0 Å². The number of nitrogens with one attached hydrogen (secondary N) is 1. The van der Waals surface area contributed by atoms with Gasteiger partial charge in [-0.1, -0.05) is 13.0 Å². The second kappa shape index (κ2) is 8.31. The number of sulfonamides is 1. The predicted octanol–water partition coefficient (Wildman–Crippen LogP) is 3.33. The molecular weight excluding hydrogens is 412 g/mol. The molecule has 7 heteroatoms. The van der Waals surface area contributed by atoms with Crippen LogP contribution in [0.15, 0.2) is 16.9 Å². The summed E-state index contributed by atoms with van der Waals surface area (Å²) in [5.41, 5.74) is 1.66. The van der Waals surface area contributed by atoms with Crippen molar-refractivity contribution in [2.45, 2.75) is 95.1 Å². The smallest absolute Gasteiger partial charge is 0.254 e. The summed E-state index contributed by atoms with van der Waals surface area (Å²) in [6.07, 6.45) is 9.11. The van der Waals surface area contributed by atoms with Crippen molar-refractivity contribution in [1.29, 1.82) is 0 Å². The Morgan fingerprint density at radius 1 is 1.10 bits per heavy atom. The van der Waals surface area contributed by atoms with Crippen LogP contribution >= 0.6 is 0 Å². The molecule has 5 rings (SSSR count). The van der Waals surface area contributed by atoms with E-state index in [4.69, 9.17) is 4.74 Å². The first-order valence-corrected chi connectivity index (χ1v) is 13.7. The number of hydrogen-bond donors (Lipinski definition) is 1. The molecule has 172 valence electrons. The molecule has 1 aromatic heterocycles. The van der Waals surface area contributed by atoms with Crippen LogP contribution in [0.25, 0.3) is 0 Å². The summed E-state index contributed by atoms with van der Waals surface area (Å²) in [5.74, 6) is 2.68. The number of aromatic nitrogens is 1. The second-order valence-corrected chi connectivity index (χ2v) is 12.5. The number of nitrogens with zero attached hydrogens (tertiary/aromatic N) is 1. The van der Waals surface area contributed by atoms with Crippen LogP contribution in [0.5, 0.6) is 0 Å². The lowest BCUT2D eigenvalue weighted by molar-refractivity contribution is -0.00875. The van der Waals surface area contributed by atoms with Crippen molar-refractivity contribution >= 4 is 10.0 Å². The zero-order valence-corrected chi connectivity index (χ0v) is 19.6. The SMILES string of the molecule is Cc1ccc2n(c1=O)C(COC1CCC([C@H]3C[C@@H]3C)CC1)C(NS(=O)(=O)C1CC1)CC2. The molecular formula is C24H36N2O4S. The largest absolute Gasteiger partial charge is 0.376 e. The van der Waals surface area contributed by atoms with Crippen molar-refractivity contribution in [3.63, 3.8) is 0 Å². The lowest BCUT2D eigenvalue weighted by Gasteiger charge is -2.37. The third kappa shape index (κ3) is 4.51. The molecule has 4 atom stereocenters. The van der Waals surface area contributed by atoms with Gasteiger partial charge in [0.15, 0.2) is 0 Å². The van der Waals surface area contributed by atoms with Gasteiger partial charge in [-0.15, -0.1) is 0 Å². The molecule has 2 heterocycles. The van der Waals surface area contributed by atoms with Gasteiger partial charge < -0.3 is 9.30 Å². The van der Waals surface area contributed by atoms with Gasteiger partial charge in [-0.2, -0.15) is 0 Å². The molecule has 0 bridgehead atoms. The summed E-state index contributed by atoms with van der Waals surface area (Å²) < 4.78 is 36.5. The van der Waals surface area contributed by atoms with Gasteiger partial charge in [0.25, 0.3) is 5.56 Å². The fourth-order valence-corrected chi connectivity index (χ4v) is 7.52. The van der Waals surface area contributed by atoms with Crippen molar-refractivity contribution in [1.82, 2.24) is 9.29 Å². The topological polar surface area (TPSA) is 77.4 Å². The molecule has 3 fully saturated rings. The molecule has 4 aliphatic rings. The molecule has 3 aliphatic carbocycles. The minimum atomic E-state index is -3.32. The van der Waals surface area contributed by atoms with E-state index < -0.39 is 10.0 Å². The quantitative estimate of drug-likeness (QED) is 0.694. The highest BCUT2D eigenvalue weighted by Gasteiger charge is 2.42. The Morgan fingerprint density at radius 3 is 2.45 bits per heavy atom. The van der Waals surface area contributed by atoms with E-state index in [1.807, 2.05) is 23.6 Å². The third-order valence-electron chi connectivity index (χ3n) is 8.18. The number of aryl methyl sites for hydroxylation is 2. The number of rotatable bonds is 7. The molecule has 1 aromatic rings. The second-order valence-electron chi connectivity index (χ2n) is 10.5. The maximum atomic E-state index is 13.0. The molecule has 1 aliphatic heterocycles. The van der Waals surface area contributed by atoms with Crippen LogP contribution in [0.1, 0.15) is 75.6 Å². The molecule has 2 unspecified atom stereocenters. The zero-order chi connectivity index (χ0) is 21.8. The van der Waals surface area contributed by atoms with Crippen LogP contribution in [0.3, 0.4) is 0 Å². The number of pyridine rings is 1. The summed E-state index contributed by atoms with van der Waals surface area (Å²) in [5, 5.41) is -0.259. The molecule has 31 heavy (non-hydrogen) atoms. The standard InChI is InChI=1S/C24H36N2O4S/c1-15-3-6-18-7-12-22(25-31(28,29)20-10-11-20)23(26(18)24(15)27)14-30-19-8-4-17(5-9-19)21-13-16(21)2/h3,6,16-17,19-23,25H,4-5,7-14H2,1-2H3/t16-,17?,19?,21-,22?,23?/m0/s1. The number of ether oxygens (including phenoxy) is 1. The van der Waals surface area contributed by atoms with E-state index in [0.717, 1.165) is 49.1 Å². The van der Waals surface area contributed by atoms with Gasteiger partial charge in [0.05, 0.1) is 24.0 Å².